The van der Waals surface area contributed by atoms with Crippen molar-refractivity contribution in [2.45, 2.75) is 11.3 Å². The van der Waals surface area contributed by atoms with Crippen molar-refractivity contribution in [3.8, 4) is 11.5 Å². The number of aromatic nitrogens is 2. The molecule has 0 saturated heterocycles. The van der Waals surface area contributed by atoms with Gasteiger partial charge in [0.2, 0.25) is 10.0 Å². The van der Waals surface area contributed by atoms with E-state index in [1.165, 1.54) is 20.3 Å². The van der Waals surface area contributed by atoms with Crippen LogP contribution < -0.4 is 14.2 Å². The van der Waals surface area contributed by atoms with Crippen LogP contribution in [-0.4, -0.2) is 38.6 Å². The molecule has 0 amide bonds. The quantitative estimate of drug-likeness (QED) is 0.695. The lowest BCUT2D eigenvalue weighted by Gasteiger charge is -2.12. The second kappa shape index (κ2) is 7.12. The van der Waals surface area contributed by atoms with Gasteiger partial charge < -0.3 is 13.9 Å². The standard InChI is InChI=1S/C17H19N3O4S/c1-23-14-6-7-15(24-2)16(11-14)25(21,22)19-9-8-17-18-12-13-5-3-4-10-20(13)17/h3-7,10-12,19H,8-9H2,1-2H3. The maximum absolute atomic E-state index is 12.6. The van der Waals surface area contributed by atoms with Crippen LogP contribution in [0.15, 0.2) is 53.7 Å². The molecule has 0 aliphatic carbocycles. The monoisotopic (exact) mass is 361 g/mol. The Labute approximate surface area is 146 Å². The first-order chi connectivity index (χ1) is 12.0. The highest BCUT2D eigenvalue weighted by Gasteiger charge is 2.20. The van der Waals surface area contributed by atoms with Gasteiger partial charge in [-0.25, -0.2) is 18.1 Å². The predicted molar refractivity (Wildman–Crippen MR) is 93.6 cm³/mol. The minimum atomic E-state index is -3.73. The van der Waals surface area contributed by atoms with Gasteiger partial charge in [-0.05, 0) is 24.3 Å². The van der Waals surface area contributed by atoms with Gasteiger partial charge in [-0.2, -0.15) is 0 Å². The van der Waals surface area contributed by atoms with E-state index >= 15 is 0 Å². The number of nitrogens with zero attached hydrogens (tertiary/aromatic N) is 2. The lowest BCUT2D eigenvalue weighted by molar-refractivity contribution is 0.392. The fourth-order valence-electron chi connectivity index (χ4n) is 2.55. The van der Waals surface area contributed by atoms with Crippen molar-refractivity contribution < 1.29 is 17.9 Å². The molecule has 0 radical (unpaired) electrons. The first kappa shape index (κ1) is 17.2. The van der Waals surface area contributed by atoms with Crippen LogP contribution in [-0.2, 0) is 16.4 Å². The van der Waals surface area contributed by atoms with E-state index in [0.717, 1.165) is 11.3 Å². The second-order valence-electron chi connectivity index (χ2n) is 5.33. The van der Waals surface area contributed by atoms with Gasteiger partial charge >= 0.3 is 0 Å². The van der Waals surface area contributed by atoms with Crippen LogP contribution in [0.3, 0.4) is 0 Å². The Morgan fingerprint density at radius 3 is 2.76 bits per heavy atom. The summed E-state index contributed by atoms with van der Waals surface area (Å²) in [5, 5.41) is 0. The van der Waals surface area contributed by atoms with E-state index in [4.69, 9.17) is 9.47 Å². The molecule has 0 bridgehead atoms. The third kappa shape index (κ3) is 3.59. The van der Waals surface area contributed by atoms with E-state index in [1.54, 1.807) is 18.3 Å². The molecule has 25 heavy (non-hydrogen) atoms. The molecule has 0 aliphatic heterocycles. The summed E-state index contributed by atoms with van der Waals surface area (Å²) in [4.78, 5) is 4.38. The number of sulfonamides is 1. The molecule has 1 N–H and O–H groups in total. The predicted octanol–water partition coefficient (Wildman–Crippen LogP) is 1.87. The number of ether oxygens (including phenoxy) is 2. The fourth-order valence-corrected chi connectivity index (χ4v) is 3.77. The third-order valence-electron chi connectivity index (χ3n) is 3.82. The molecule has 2 aromatic heterocycles. The first-order valence-corrected chi connectivity index (χ1v) is 9.16. The average Bonchev–Trinajstić information content (AvgIpc) is 3.04. The number of benzene rings is 1. The van der Waals surface area contributed by atoms with Crippen molar-refractivity contribution in [2.75, 3.05) is 20.8 Å². The van der Waals surface area contributed by atoms with Crippen LogP contribution in [0.2, 0.25) is 0 Å². The summed E-state index contributed by atoms with van der Waals surface area (Å²) in [5.41, 5.74) is 0.967. The number of hydrogen-bond acceptors (Lipinski definition) is 5. The SMILES string of the molecule is COc1ccc(OC)c(S(=O)(=O)NCCc2ncc3ccccn23)c1. The summed E-state index contributed by atoms with van der Waals surface area (Å²) in [6, 6.07) is 10.4. The van der Waals surface area contributed by atoms with Crippen molar-refractivity contribution in [2.24, 2.45) is 0 Å². The number of rotatable bonds is 7. The normalized spacial score (nSPS) is 11.6. The smallest absolute Gasteiger partial charge is 0.244 e. The van der Waals surface area contributed by atoms with Gasteiger partial charge in [-0.15, -0.1) is 0 Å². The molecule has 0 atom stereocenters. The molecule has 0 fully saturated rings. The summed E-state index contributed by atoms with van der Waals surface area (Å²) >= 11 is 0. The molecule has 0 saturated carbocycles. The van der Waals surface area contributed by atoms with Crippen LogP contribution in [0.25, 0.3) is 5.52 Å². The summed E-state index contributed by atoms with van der Waals surface area (Å²) in [5.74, 6) is 1.50. The van der Waals surface area contributed by atoms with E-state index in [1.807, 2.05) is 28.8 Å². The van der Waals surface area contributed by atoms with Crippen molar-refractivity contribution in [3.63, 3.8) is 0 Å². The highest BCUT2D eigenvalue weighted by molar-refractivity contribution is 7.89. The van der Waals surface area contributed by atoms with Gasteiger partial charge in [0, 0.05) is 25.2 Å². The molecule has 1 aromatic carbocycles. The van der Waals surface area contributed by atoms with E-state index in [9.17, 15) is 8.42 Å². The number of imidazole rings is 1. The Balaban J connectivity index is 1.76. The highest BCUT2D eigenvalue weighted by atomic mass is 32.2. The Kier molecular flexibility index (Phi) is 4.91. The van der Waals surface area contributed by atoms with Gasteiger partial charge in [-0.3, -0.25) is 0 Å². The van der Waals surface area contributed by atoms with Crippen molar-refractivity contribution in [1.82, 2.24) is 14.1 Å². The van der Waals surface area contributed by atoms with Crippen LogP contribution >= 0.6 is 0 Å². The fraction of sp³-hybridized carbons (Fsp3) is 0.235. The Morgan fingerprint density at radius 1 is 1.16 bits per heavy atom. The number of fused-ring (bicyclic) bond motifs is 1. The van der Waals surface area contributed by atoms with E-state index in [2.05, 4.69) is 9.71 Å². The van der Waals surface area contributed by atoms with E-state index < -0.39 is 10.0 Å². The van der Waals surface area contributed by atoms with Crippen LogP contribution in [0.1, 0.15) is 5.82 Å². The van der Waals surface area contributed by atoms with Crippen LogP contribution in [0, 0.1) is 0 Å². The van der Waals surface area contributed by atoms with E-state index in [0.29, 0.717) is 12.2 Å². The summed E-state index contributed by atoms with van der Waals surface area (Å²) in [6.07, 6.45) is 4.12. The zero-order valence-corrected chi connectivity index (χ0v) is 14.8. The third-order valence-corrected chi connectivity index (χ3v) is 5.30. The topological polar surface area (TPSA) is 81.9 Å². The zero-order chi connectivity index (χ0) is 17.9. The largest absolute Gasteiger partial charge is 0.497 e. The van der Waals surface area contributed by atoms with Gasteiger partial charge in [0.25, 0.3) is 0 Å². The second-order valence-corrected chi connectivity index (χ2v) is 7.07. The zero-order valence-electron chi connectivity index (χ0n) is 14.0. The molecule has 132 valence electrons. The molecule has 8 heteroatoms. The summed E-state index contributed by atoms with van der Waals surface area (Å²) < 4.78 is 40.0. The number of pyridine rings is 1. The molecule has 2 heterocycles. The van der Waals surface area contributed by atoms with Crippen molar-refractivity contribution in [1.29, 1.82) is 0 Å². The number of hydrogen-bond donors (Lipinski definition) is 1. The minimum absolute atomic E-state index is 0.0438. The lowest BCUT2D eigenvalue weighted by atomic mass is 10.3. The van der Waals surface area contributed by atoms with Gasteiger partial charge in [0.05, 0.1) is 25.9 Å². The maximum atomic E-state index is 12.6. The van der Waals surface area contributed by atoms with Gasteiger partial charge in [0.1, 0.15) is 22.2 Å². The summed E-state index contributed by atoms with van der Waals surface area (Å²) in [7, 11) is -0.825. The van der Waals surface area contributed by atoms with Gasteiger partial charge in [-0.1, -0.05) is 6.07 Å². The highest BCUT2D eigenvalue weighted by Crippen LogP contribution is 2.27. The number of methoxy groups -OCH3 is 2. The molecule has 0 aliphatic rings. The molecule has 0 spiro atoms. The Morgan fingerprint density at radius 2 is 2.00 bits per heavy atom. The maximum Gasteiger partial charge on any atom is 0.244 e. The minimum Gasteiger partial charge on any atom is -0.497 e. The van der Waals surface area contributed by atoms with Crippen molar-refractivity contribution in [3.05, 3.63) is 54.6 Å². The van der Waals surface area contributed by atoms with Crippen LogP contribution in [0.4, 0.5) is 0 Å². The van der Waals surface area contributed by atoms with Crippen LogP contribution in [0.5, 0.6) is 11.5 Å². The van der Waals surface area contributed by atoms with E-state index in [-0.39, 0.29) is 17.2 Å². The molecule has 0 unspecified atom stereocenters. The van der Waals surface area contributed by atoms with Gasteiger partial charge in [0.15, 0.2) is 0 Å². The number of nitrogens with one attached hydrogen (secondary N) is 1. The molecular weight excluding hydrogens is 342 g/mol. The Hall–Kier alpha value is -2.58. The first-order valence-electron chi connectivity index (χ1n) is 7.68. The molecular formula is C17H19N3O4S. The average molecular weight is 361 g/mol. The molecule has 3 rings (SSSR count). The lowest BCUT2D eigenvalue weighted by Crippen LogP contribution is -2.27. The Bertz CT molecular complexity index is 982. The van der Waals surface area contributed by atoms with Crippen molar-refractivity contribution >= 4 is 15.5 Å². The molecule has 7 nitrogen and oxygen atoms in total. The molecule has 3 aromatic rings. The summed E-state index contributed by atoms with van der Waals surface area (Å²) in [6.45, 7) is 0.219.